The number of halogens is 1. The van der Waals surface area contributed by atoms with E-state index in [2.05, 4.69) is 15.0 Å². The number of aromatic amines is 1. The van der Waals surface area contributed by atoms with Crippen LogP contribution in [0.15, 0.2) is 48.8 Å². The number of H-pyrrole nitrogens is 1. The average Bonchev–Trinajstić information content (AvgIpc) is 2.82. The van der Waals surface area contributed by atoms with E-state index < -0.39 is 0 Å². The average molecular weight is 253 g/mol. The molecule has 0 fully saturated rings. The Hall–Kier alpha value is -2.49. The van der Waals surface area contributed by atoms with Crippen molar-refractivity contribution in [1.29, 1.82) is 0 Å². The van der Waals surface area contributed by atoms with Crippen LogP contribution in [0.25, 0.3) is 22.6 Å². The maximum absolute atomic E-state index is 13.7. The lowest BCUT2D eigenvalue weighted by molar-refractivity contribution is 0.630. The maximum atomic E-state index is 13.7. The second-order valence-corrected chi connectivity index (χ2v) is 4.26. The van der Waals surface area contributed by atoms with Gasteiger partial charge in [-0.1, -0.05) is 12.1 Å². The third-order valence-electron chi connectivity index (χ3n) is 2.98. The molecule has 0 spiro atoms. The Kier molecular flexibility index (Phi) is 2.83. The molecule has 0 saturated carbocycles. The van der Waals surface area contributed by atoms with Crippen LogP contribution in [0.5, 0.6) is 0 Å². The summed E-state index contributed by atoms with van der Waals surface area (Å²) in [6.45, 7) is 1.90. The molecule has 94 valence electrons. The van der Waals surface area contributed by atoms with Crippen molar-refractivity contribution in [1.82, 2.24) is 15.0 Å². The Morgan fingerprint density at radius 1 is 1.05 bits per heavy atom. The zero-order valence-corrected chi connectivity index (χ0v) is 10.4. The van der Waals surface area contributed by atoms with Crippen LogP contribution in [-0.2, 0) is 0 Å². The smallest absolute Gasteiger partial charge is 0.141 e. The summed E-state index contributed by atoms with van der Waals surface area (Å²) in [5, 5.41) is 0. The molecule has 3 aromatic rings. The number of aryl methyl sites for hydroxylation is 1. The number of nitrogens with zero attached hydrogens (tertiary/aromatic N) is 2. The predicted molar refractivity (Wildman–Crippen MR) is 71.9 cm³/mol. The number of imidazole rings is 1. The minimum atomic E-state index is -0.280. The molecule has 0 radical (unpaired) electrons. The van der Waals surface area contributed by atoms with Gasteiger partial charge in [0.2, 0.25) is 0 Å². The lowest BCUT2D eigenvalue weighted by Gasteiger charge is -1.99. The number of hydrogen-bond acceptors (Lipinski definition) is 2. The molecule has 3 nitrogen and oxygen atoms in total. The fourth-order valence-electron chi connectivity index (χ4n) is 2.04. The summed E-state index contributed by atoms with van der Waals surface area (Å²) >= 11 is 0. The molecular weight excluding hydrogens is 241 g/mol. The second kappa shape index (κ2) is 4.65. The van der Waals surface area contributed by atoms with E-state index in [-0.39, 0.29) is 5.82 Å². The van der Waals surface area contributed by atoms with Gasteiger partial charge < -0.3 is 4.98 Å². The molecular formula is C15H12FN3. The topological polar surface area (TPSA) is 41.6 Å². The van der Waals surface area contributed by atoms with Crippen molar-refractivity contribution in [3.05, 3.63) is 60.3 Å². The molecule has 2 heterocycles. The molecule has 0 atom stereocenters. The maximum Gasteiger partial charge on any atom is 0.141 e. The van der Waals surface area contributed by atoms with Gasteiger partial charge in [0.15, 0.2) is 0 Å². The van der Waals surface area contributed by atoms with Crippen molar-refractivity contribution in [2.24, 2.45) is 0 Å². The van der Waals surface area contributed by atoms with Crippen LogP contribution in [0.3, 0.4) is 0 Å². The van der Waals surface area contributed by atoms with Crippen molar-refractivity contribution in [3.63, 3.8) is 0 Å². The second-order valence-electron chi connectivity index (χ2n) is 4.26. The first-order chi connectivity index (χ1) is 9.25. The first-order valence-corrected chi connectivity index (χ1v) is 5.97. The molecule has 0 aliphatic rings. The van der Waals surface area contributed by atoms with E-state index in [1.165, 1.54) is 6.07 Å². The number of rotatable bonds is 2. The summed E-state index contributed by atoms with van der Waals surface area (Å²) in [5.74, 6) is 0.264. The Morgan fingerprint density at radius 3 is 2.53 bits per heavy atom. The Labute approximate surface area is 110 Å². The summed E-state index contributed by atoms with van der Waals surface area (Å²) < 4.78 is 13.7. The van der Waals surface area contributed by atoms with Gasteiger partial charge in [-0.2, -0.15) is 0 Å². The molecule has 0 bridgehead atoms. The summed E-state index contributed by atoms with van der Waals surface area (Å²) in [5.41, 5.74) is 3.19. The molecule has 19 heavy (non-hydrogen) atoms. The molecule has 0 unspecified atom stereocenters. The summed E-state index contributed by atoms with van der Waals surface area (Å²) in [6, 6.07) is 10.4. The van der Waals surface area contributed by atoms with Crippen molar-refractivity contribution >= 4 is 0 Å². The quantitative estimate of drug-likeness (QED) is 0.758. The highest BCUT2D eigenvalue weighted by atomic mass is 19.1. The van der Waals surface area contributed by atoms with E-state index in [0.717, 1.165) is 17.0 Å². The Morgan fingerprint density at radius 2 is 1.79 bits per heavy atom. The Bertz CT molecular complexity index is 704. The van der Waals surface area contributed by atoms with Gasteiger partial charge in [0, 0.05) is 18.0 Å². The first-order valence-electron chi connectivity index (χ1n) is 5.97. The fraction of sp³-hybridized carbons (Fsp3) is 0.0667. The van der Waals surface area contributed by atoms with E-state index in [1.807, 2.05) is 19.1 Å². The van der Waals surface area contributed by atoms with Gasteiger partial charge >= 0.3 is 0 Å². The predicted octanol–water partition coefficient (Wildman–Crippen LogP) is 3.59. The molecule has 0 amide bonds. The van der Waals surface area contributed by atoms with E-state index in [1.54, 1.807) is 30.6 Å². The number of nitrogens with one attached hydrogen (secondary N) is 1. The Balaban J connectivity index is 2.10. The largest absolute Gasteiger partial charge is 0.338 e. The van der Waals surface area contributed by atoms with Crippen molar-refractivity contribution in [3.8, 4) is 22.6 Å². The lowest BCUT2D eigenvalue weighted by atomic mass is 10.2. The number of pyridine rings is 1. The third-order valence-corrected chi connectivity index (χ3v) is 2.98. The minimum Gasteiger partial charge on any atom is -0.338 e. The highest BCUT2D eigenvalue weighted by Crippen LogP contribution is 2.26. The van der Waals surface area contributed by atoms with Crippen LogP contribution in [0.4, 0.5) is 4.39 Å². The van der Waals surface area contributed by atoms with Gasteiger partial charge in [0.1, 0.15) is 11.6 Å². The van der Waals surface area contributed by atoms with Crippen LogP contribution < -0.4 is 0 Å². The van der Waals surface area contributed by atoms with Crippen LogP contribution in [-0.4, -0.2) is 15.0 Å². The lowest BCUT2D eigenvalue weighted by Crippen LogP contribution is -1.85. The highest BCUT2D eigenvalue weighted by molar-refractivity contribution is 5.67. The van der Waals surface area contributed by atoms with Crippen molar-refractivity contribution in [2.75, 3.05) is 0 Å². The molecule has 4 heteroatoms. The zero-order valence-electron chi connectivity index (χ0n) is 10.4. The summed E-state index contributed by atoms with van der Waals surface area (Å²) in [7, 11) is 0. The minimum absolute atomic E-state index is 0.280. The normalized spacial score (nSPS) is 10.6. The molecule has 1 aromatic carbocycles. The van der Waals surface area contributed by atoms with Gasteiger partial charge in [-0.05, 0) is 31.2 Å². The molecule has 1 N–H and O–H groups in total. The molecule has 0 saturated heterocycles. The van der Waals surface area contributed by atoms with Crippen LogP contribution in [0.1, 0.15) is 5.69 Å². The van der Waals surface area contributed by atoms with Gasteiger partial charge in [-0.3, -0.25) is 4.98 Å². The van der Waals surface area contributed by atoms with E-state index in [4.69, 9.17) is 0 Å². The van der Waals surface area contributed by atoms with Crippen molar-refractivity contribution in [2.45, 2.75) is 6.92 Å². The fourth-order valence-corrected chi connectivity index (χ4v) is 2.04. The van der Waals surface area contributed by atoms with Crippen LogP contribution in [0.2, 0.25) is 0 Å². The standard InChI is InChI=1S/C15H12FN3/c1-10-14(11-6-8-17-9-7-11)19-15(18-10)12-4-2-3-5-13(12)16/h2-9H,1H3,(H,18,19). The zero-order chi connectivity index (χ0) is 13.2. The van der Waals surface area contributed by atoms with Crippen molar-refractivity contribution < 1.29 is 4.39 Å². The third kappa shape index (κ3) is 2.12. The SMILES string of the molecule is Cc1nc(-c2ccccc2F)[nH]c1-c1ccncc1. The van der Waals surface area contributed by atoms with Crippen LogP contribution in [0, 0.1) is 12.7 Å². The van der Waals surface area contributed by atoms with E-state index >= 15 is 0 Å². The first kappa shape index (κ1) is 11.6. The molecule has 2 aromatic heterocycles. The van der Waals surface area contributed by atoms with Crippen LogP contribution >= 0.6 is 0 Å². The highest BCUT2D eigenvalue weighted by Gasteiger charge is 2.12. The molecule has 0 aliphatic carbocycles. The van der Waals surface area contributed by atoms with Gasteiger partial charge in [0.05, 0.1) is 17.0 Å². The number of hydrogen-bond donors (Lipinski definition) is 1. The summed E-state index contributed by atoms with van der Waals surface area (Å²) in [6.07, 6.45) is 3.44. The van der Waals surface area contributed by atoms with E-state index in [0.29, 0.717) is 11.4 Å². The molecule has 3 rings (SSSR count). The number of benzene rings is 1. The van der Waals surface area contributed by atoms with Gasteiger partial charge in [0.25, 0.3) is 0 Å². The van der Waals surface area contributed by atoms with Gasteiger partial charge in [-0.15, -0.1) is 0 Å². The summed E-state index contributed by atoms with van der Waals surface area (Å²) in [4.78, 5) is 11.6. The van der Waals surface area contributed by atoms with Gasteiger partial charge in [-0.25, -0.2) is 9.37 Å². The monoisotopic (exact) mass is 253 g/mol. The molecule has 0 aliphatic heterocycles. The van der Waals surface area contributed by atoms with E-state index in [9.17, 15) is 4.39 Å². The number of aromatic nitrogens is 3.